The molecule has 0 radical (unpaired) electrons. The number of nitrogens with one attached hydrogen (secondary N) is 6. The largest absolute Gasteiger partial charge is 0.396 e. The zero-order valence-electron chi connectivity index (χ0n) is 70.4. The third kappa shape index (κ3) is 38.5. The van der Waals surface area contributed by atoms with Crippen LogP contribution in [-0.2, 0) is 104 Å². The van der Waals surface area contributed by atoms with Gasteiger partial charge in [-0.2, -0.15) is 0 Å². The number of nitrogens with two attached hydrogens (primary N) is 7. The number of aromatic amines is 1. The Balaban J connectivity index is 1.54. The molecular weight excluding hydrogens is 1570 g/mol. The van der Waals surface area contributed by atoms with Gasteiger partial charge >= 0.3 is 5.97 Å². The van der Waals surface area contributed by atoms with Crippen molar-refractivity contribution in [3.63, 3.8) is 0 Å². The Morgan fingerprint density at radius 2 is 0.992 bits per heavy atom. The molecule has 4 rings (SSSR count). The molecule has 1 saturated heterocycles. The number of guanidine groups is 3. The fourth-order valence-corrected chi connectivity index (χ4v) is 13.5. The summed E-state index contributed by atoms with van der Waals surface area (Å²) in [5, 5.41) is 35.3. The molecule has 22 N–H and O–H groups in total. The fourth-order valence-electron chi connectivity index (χ4n) is 13.5. The molecule has 2 aromatic carbocycles. The number of hydroxylamine groups is 2. The van der Waals surface area contributed by atoms with Gasteiger partial charge in [0.25, 0.3) is 11.8 Å². The maximum atomic E-state index is 15.2. The molecule has 1 aliphatic heterocycles. The first-order valence-electron chi connectivity index (χ1n) is 41.3. The second kappa shape index (κ2) is 55.1. The van der Waals surface area contributed by atoms with Gasteiger partial charge < -0.3 is 101 Å². The molecule has 0 aliphatic carbocycles. The van der Waals surface area contributed by atoms with Gasteiger partial charge in [-0.25, -0.2) is 4.79 Å². The Bertz CT molecular complexity index is 3990. The Labute approximate surface area is 705 Å². The number of carbonyl (C=O) groups excluding carboxylic acids is 15. The predicted octanol–water partition coefficient (Wildman–Crippen LogP) is 0.419. The number of rotatable bonds is 64. The zero-order valence-corrected chi connectivity index (χ0v) is 70.4. The molecule has 1 aliphatic rings. The highest BCUT2D eigenvalue weighted by Gasteiger charge is 2.39. The maximum Gasteiger partial charge on any atom is 0.335 e. The highest BCUT2D eigenvalue weighted by Crippen LogP contribution is 2.27. The number of ether oxygens (including phenoxy) is 3. The highest BCUT2D eigenvalue weighted by molar-refractivity contribution is 6.02. The number of hydrogen-bond acceptors (Lipinski definition) is 24. The van der Waals surface area contributed by atoms with Crippen molar-refractivity contribution in [3.05, 3.63) is 71.9 Å². The Kier molecular flexibility index (Phi) is 46.6. The number of aliphatic imine (C=N–C) groups is 3. The van der Waals surface area contributed by atoms with E-state index in [1.165, 1.54) is 0 Å². The molecule has 1 fully saturated rings. The lowest BCUT2D eigenvalue weighted by Gasteiger charge is -2.28. The van der Waals surface area contributed by atoms with Crippen LogP contribution in [0.25, 0.3) is 10.9 Å². The third-order valence-electron chi connectivity index (χ3n) is 20.6. The van der Waals surface area contributed by atoms with Crippen molar-refractivity contribution >= 4 is 117 Å². The van der Waals surface area contributed by atoms with E-state index < -0.39 is 206 Å². The van der Waals surface area contributed by atoms with Crippen LogP contribution in [0.5, 0.6) is 0 Å². The van der Waals surface area contributed by atoms with Crippen LogP contribution in [0.15, 0.2) is 75.8 Å². The average Bonchev–Trinajstić information content (AvgIpc) is 1.72. The molecule has 0 spiro atoms. The normalized spacial score (nSPS) is 14.8. The minimum absolute atomic E-state index is 0.00173. The Morgan fingerprint density at radius 1 is 0.496 bits per heavy atom. The third-order valence-corrected chi connectivity index (χ3v) is 20.6. The molecule has 0 bridgehead atoms. The van der Waals surface area contributed by atoms with E-state index in [0.29, 0.717) is 33.5 Å². The number of benzene rings is 2. The number of para-hydroxylation sites is 1. The number of H-pyrrole nitrogens is 1. The van der Waals surface area contributed by atoms with Crippen molar-refractivity contribution < 1.29 is 101 Å². The molecule has 0 unspecified atom stereocenters. The Hall–Kier alpha value is -11.0. The van der Waals surface area contributed by atoms with Gasteiger partial charge in [0.15, 0.2) is 46.8 Å². The topological polar surface area (TPSA) is 632 Å². The monoisotopic (exact) mass is 1700 g/mol. The number of hydrogen-bond donors (Lipinski definition) is 15. The van der Waals surface area contributed by atoms with Crippen molar-refractivity contribution in [1.29, 1.82) is 0 Å². The number of amides is 8. The minimum Gasteiger partial charge on any atom is -0.396 e. The van der Waals surface area contributed by atoms with E-state index in [2.05, 4.69) is 46.5 Å². The van der Waals surface area contributed by atoms with Gasteiger partial charge in [-0.05, 0) is 86.3 Å². The highest BCUT2D eigenvalue weighted by atomic mass is 16.7. The number of nitrogens with zero attached hydrogens (tertiary/aromatic N) is 4. The summed E-state index contributed by atoms with van der Waals surface area (Å²) in [4.78, 5) is 226. The summed E-state index contributed by atoms with van der Waals surface area (Å²) >= 11 is 0. The second-order valence-electron chi connectivity index (χ2n) is 31.1. The number of aromatic nitrogens is 1. The molecule has 670 valence electrons. The number of aliphatic hydroxyl groups is 2. The van der Waals surface area contributed by atoms with E-state index >= 15 is 19.2 Å². The molecule has 121 heavy (non-hydrogen) atoms. The van der Waals surface area contributed by atoms with Gasteiger partial charge in [0.2, 0.25) is 35.4 Å². The first-order valence-corrected chi connectivity index (χ1v) is 41.3. The van der Waals surface area contributed by atoms with E-state index in [-0.39, 0.29) is 179 Å². The molecule has 3 aromatic rings. The summed E-state index contributed by atoms with van der Waals surface area (Å²) < 4.78 is 16.3. The standard InChI is InChI=1S/C83H127N17O21/c1-7-51(6)75(70(108)44-57(47-101)76(84)113)99-78(115)54(19-14-30-92-82(87)88)41-67(105)62(22-15-31-93-83(89)90)96-79(116)55(39-52-16-9-8-10-17-52)43-69(107)63(38-49(2)3)97-77(114)53(18-13-29-91-81(85)86)42-68(106)64(40-56-46-94-61-21-12-11-20-59(56)61)95-71(109)24-23-66(104)65(48-102)98-80(117)60(50(4)5)45-58(103)27-32-118-34-36-120-37-35-119-33-28-74(112)121-100-72(110)25-26-73(100)111/h8-12,16-17,20-21,46,49-51,53-55,57,60,62-65,75,94,101-102H,7,13-15,18-19,22-45,47-48H2,1-6H3,(H2,84,113)(H,95,109)(H,96,116)(H,97,114)(H,98,117)(H,99,115)(H4,85,86,91)(H4,87,88,92)(H4,89,90,93)/t51-,53-,54-,55-,57+,60+,62-,63-,64-,65-,75+/m1/s1. The number of ketones is 6. The molecule has 11 atom stereocenters. The van der Waals surface area contributed by atoms with Crippen LogP contribution >= 0.6 is 0 Å². The summed E-state index contributed by atoms with van der Waals surface area (Å²) in [6.07, 6.45) is -1.20. The predicted molar refractivity (Wildman–Crippen MR) is 447 cm³/mol. The van der Waals surface area contributed by atoms with Crippen molar-refractivity contribution in [3.8, 4) is 0 Å². The van der Waals surface area contributed by atoms with Crippen LogP contribution in [0.1, 0.15) is 175 Å². The summed E-state index contributed by atoms with van der Waals surface area (Å²) in [6, 6.07) is 9.33. The first-order chi connectivity index (χ1) is 57.5. The molecule has 38 heteroatoms. The summed E-state index contributed by atoms with van der Waals surface area (Å²) in [7, 11) is 0. The number of Topliss-reactive ketones (excluding diaryl/α,β-unsaturated/α-hetero) is 6. The lowest BCUT2D eigenvalue weighted by Crippen LogP contribution is -2.50. The molecule has 1 aromatic heterocycles. The number of carbonyl (C=O) groups is 15. The van der Waals surface area contributed by atoms with E-state index in [4.69, 9.17) is 59.2 Å². The van der Waals surface area contributed by atoms with Crippen LogP contribution in [-0.4, -0.2) is 229 Å². The molecule has 0 saturated carbocycles. The number of imide groups is 1. The number of fused-ring (bicyclic) bond motifs is 1. The van der Waals surface area contributed by atoms with Gasteiger partial charge in [-0.3, -0.25) is 82.1 Å². The molecule has 8 amide bonds. The van der Waals surface area contributed by atoms with E-state index in [9.17, 15) is 63.0 Å². The van der Waals surface area contributed by atoms with Gasteiger partial charge in [0, 0.05) is 131 Å². The average molecular weight is 1700 g/mol. The Morgan fingerprint density at radius 3 is 1.54 bits per heavy atom. The first kappa shape index (κ1) is 102. The number of aliphatic hydroxyl groups excluding tert-OH is 2. The fraction of sp³-hybridized carbons (Fsp3) is 0.614. The smallest absolute Gasteiger partial charge is 0.335 e. The lowest BCUT2D eigenvalue weighted by atomic mass is 9.87. The quantitative estimate of drug-likeness (QED) is 0.0158. The minimum atomic E-state index is -1.49. The van der Waals surface area contributed by atoms with Gasteiger partial charge in [-0.1, -0.05) is 96.5 Å². The van der Waals surface area contributed by atoms with Crippen LogP contribution in [0.2, 0.25) is 0 Å². The van der Waals surface area contributed by atoms with Crippen LogP contribution in [0.3, 0.4) is 0 Å². The van der Waals surface area contributed by atoms with E-state index in [1.807, 2.05) is 26.0 Å². The van der Waals surface area contributed by atoms with Crippen LogP contribution < -0.4 is 66.7 Å². The maximum absolute atomic E-state index is 15.2. The van der Waals surface area contributed by atoms with Crippen LogP contribution in [0.4, 0.5) is 0 Å². The summed E-state index contributed by atoms with van der Waals surface area (Å²) in [5.74, 6) is -17.6. The summed E-state index contributed by atoms with van der Waals surface area (Å²) in [5.41, 5.74) is 41.3. The van der Waals surface area contributed by atoms with Crippen LogP contribution in [0, 0.1) is 47.3 Å². The lowest BCUT2D eigenvalue weighted by molar-refractivity contribution is -0.198. The summed E-state index contributed by atoms with van der Waals surface area (Å²) in [6.45, 7) is 9.54. The zero-order chi connectivity index (χ0) is 89.7. The molecular formula is C83H127N17O21. The van der Waals surface area contributed by atoms with Crippen molar-refractivity contribution in [2.75, 3.05) is 72.5 Å². The molecule has 2 heterocycles. The van der Waals surface area contributed by atoms with Gasteiger partial charge in [-0.15, -0.1) is 5.06 Å². The van der Waals surface area contributed by atoms with Crippen molar-refractivity contribution in [1.82, 2.24) is 36.6 Å². The second-order valence-corrected chi connectivity index (χ2v) is 31.1. The van der Waals surface area contributed by atoms with Crippen molar-refractivity contribution in [2.45, 2.75) is 207 Å². The number of primary amides is 1. The van der Waals surface area contributed by atoms with Crippen molar-refractivity contribution in [2.24, 2.45) is 102 Å². The van der Waals surface area contributed by atoms with Gasteiger partial charge in [0.05, 0.1) is 89.4 Å². The molecule has 38 nitrogen and oxygen atoms in total. The van der Waals surface area contributed by atoms with E-state index in [1.54, 1.807) is 76.4 Å². The van der Waals surface area contributed by atoms with Gasteiger partial charge in [0.1, 0.15) is 11.8 Å². The SMILES string of the molecule is CC[C@@H](C)[C@H](NC(=O)[C@H](CCCN=C(N)N)CC(=O)[C@@H](CCCN=C(N)N)NC(=O)[C@@H](CC(=O)[C@@H](CC(C)C)NC(=O)[C@H](CCCN=C(N)N)CC(=O)[C@@H](Cc1c[nH]c2ccccc12)NC(=O)CCC(=O)[C@@H](CO)NC(=O)[C@@H](CC(=O)CCOCCOCCOCCC(=O)ON1C(=O)CCC1=O)C(C)C)Cc1ccccc1)C(=O)C[C@@H](CO)C(N)=O. The van der Waals surface area contributed by atoms with E-state index in [0.717, 1.165) is 0 Å².